The molecule has 4 N–H and O–H groups in total. The van der Waals surface area contributed by atoms with E-state index in [1.165, 1.54) is 52.0 Å². The number of piperidine rings is 1. The quantitative estimate of drug-likeness (QED) is 0.0337. The fourth-order valence-electron chi connectivity index (χ4n) is 8.47. The number of amides is 2. The predicted octanol–water partition coefficient (Wildman–Crippen LogP) is 3.93. The zero-order chi connectivity index (χ0) is 47.8. The number of aryl methyl sites for hydroxylation is 2. The van der Waals surface area contributed by atoms with Crippen molar-refractivity contribution in [1.29, 1.82) is 0 Å². The molecule has 0 radical (unpaired) electrons. The number of benzene rings is 1. The Morgan fingerprint density at radius 2 is 1.85 bits per heavy atom. The maximum absolute atomic E-state index is 15.9. The van der Waals surface area contributed by atoms with Crippen molar-refractivity contribution in [2.24, 2.45) is 12.2 Å². The first kappa shape index (κ1) is 47.1. The van der Waals surface area contributed by atoms with Gasteiger partial charge < -0.3 is 39.9 Å². The number of esters is 2. The first-order valence-corrected chi connectivity index (χ1v) is 25.4. The molecule has 68 heavy (non-hydrogen) atoms. The van der Waals surface area contributed by atoms with Gasteiger partial charge in [-0.25, -0.2) is 23.5 Å². The number of nitrogens with one attached hydrogen (secondary N) is 1. The van der Waals surface area contributed by atoms with Crippen LogP contribution in [-0.4, -0.2) is 115 Å². The number of halogens is 1. The van der Waals surface area contributed by atoms with Crippen molar-refractivity contribution < 1.29 is 47.6 Å². The zero-order valence-electron chi connectivity index (χ0n) is 37.0. The molecule has 4 aromatic heterocycles. The van der Waals surface area contributed by atoms with Crippen LogP contribution in [0.2, 0.25) is 0 Å². The van der Waals surface area contributed by atoms with Crippen LogP contribution in [0, 0.1) is 5.82 Å². The number of carbonyl (C=O) groups is 4. The van der Waals surface area contributed by atoms with Gasteiger partial charge >= 0.3 is 11.9 Å². The number of hydrogen-bond donors (Lipinski definition) is 3. The minimum Gasteiger partial charge on any atom is -0.462 e. The molecule has 356 valence electrons. The number of pyridine rings is 2. The molecule has 4 aliphatic rings. The number of thioether (sulfide) groups is 2. The van der Waals surface area contributed by atoms with Gasteiger partial charge in [-0.05, 0) is 45.6 Å². The van der Waals surface area contributed by atoms with Crippen molar-refractivity contribution in [2.75, 3.05) is 49.3 Å². The third-order valence-corrected chi connectivity index (χ3v) is 15.9. The summed E-state index contributed by atoms with van der Waals surface area (Å²) in [5, 5.41) is 18.0. The van der Waals surface area contributed by atoms with Crippen LogP contribution in [0.4, 0.5) is 15.2 Å². The van der Waals surface area contributed by atoms with Gasteiger partial charge in [0.1, 0.15) is 42.1 Å². The van der Waals surface area contributed by atoms with E-state index in [2.05, 4.69) is 19.8 Å². The van der Waals surface area contributed by atoms with Gasteiger partial charge in [0.2, 0.25) is 17.0 Å². The second-order valence-electron chi connectivity index (χ2n) is 16.4. The third kappa shape index (κ3) is 9.30. The molecular formula is C44H46FN10O9S4+. The van der Waals surface area contributed by atoms with Crippen LogP contribution in [0.5, 0.6) is 0 Å². The van der Waals surface area contributed by atoms with E-state index < -0.39 is 52.5 Å². The van der Waals surface area contributed by atoms with Crippen LogP contribution < -0.4 is 25.9 Å². The van der Waals surface area contributed by atoms with E-state index in [0.717, 1.165) is 22.8 Å². The first-order valence-electron chi connectivity index (χ1n) is 21.9. The summed E-state index contributed by atoms with van der Waals surface area (Å²) in [6.07, 6.45) is 7.16. The first-order chi connectivity index (χ1) is 32.8. The summed E-state index contributed by atoms with van der Waals surface area (Å²) in [5.74, 6) is -3.41. The summed E-state index contributed by atoms with van der Waals surface area (Å²) in [5.41, 5.74) is 7.96. The van der Waals surface area contributed by atoms with Crippen LogP contribution in [0.1, 0.15) is 67.3 Å². The molecule has 5 aromatic rings. The molecule has 2 amide bonds. The number of aliphatic hydroxyl groups is 1. The van der Waals surface area contributed by atoms with E-state index in [1.54, 1.807) is 6.92 Å². The van der Waals surface area contributed by atoms with E-state index >= 15 is 4.39 Å². The maximum Gasteiger partial charge on any atom is 0.355 e. The molecule has 3 atom stereocenters. The number of nitrogens with two attached hydrogens (primary N) is 1. The predicted molar refractivity (Wildman–Crippen MR) is 254 cm³/mol. The van der Waals surface area contributed by atoms with Gasteiger partial charge in [-0.1, -0.05) is 16.9 Å². The number of aliphatic hydroxyl groups excluding tert-OH is 1. The van der Waals surface area contributed by atoms with E-state index in [9.17, 15) is 29.1 Å². The lowest BCUT2D eigenvalue weighted by atomic mass is 9.93. The number of anilines is 2. The Kier molecular flexibility index (Phi) is 13.8. The van der Waals surface area contributed by atoms with Crippen LogP contribution in [0.3, 0.4) is 0 Å². The second-order valence-corrected chi connectivity index (χ2v) is 20.5. The number of β-lactam (4-membered cyclic amide) rings is 1. The minimum absolute atomic E-state index is 0.00760. The highest BCUT2D eigenvalue weighted by Gasteiger charge is 2.55. The highest BCUT2D eigenvalue weighted by Crippen LogP contribution is 2.46. The SMILES string of the molecule is CCO/N=C(/C(=O)N[C@@H]1C(=O)N2C(C(=O)OCCCOC(=O)c3cn4c5c(c(N6CCC(O)CC6)c(F)cc5c3=O)CCC4C)=C(Sc3nc(-c4cc[n+](C)cc4)cs3)CS[C@H]12)c1nsc(N)n1. The maximum atomic E-state index is 15.9. The topological polar surface area (TPSA) is 238 Å². The summed E-state index contributed by atoms with van der Waals surface area (Å²) in [6.45, 7) is 4.34. The Labute approximate surface area is 404 Å². The fraction of sp³-hybridized carbons (Fsp3) is 0.409. The molecule has 4 aliphatic heterocycles. The van der Waals surface area contributed by atoms with Crippen molar-refractivity contribution in [3.63, 3.8) is 0 Å². The van der Waals surface area contributed by atoms with Crippen molar-refractivity contribution in [2.45, 2.75) is 73.9 Å². The molecular weight excluding hydrogens is 960 g/mol. The monoisotopic (exact) mass is 1010 g/mol. The van der Waals surface area contributed by atoms with E-state index in [1.807, 2.05) is 57.9 Å². The molecule has 8 heterocycles. The molecule has 19 nitrogen and oxygen atoms in total. The number of hydrogen-bond acceptors (Lipinski definition) is 19. The molecule has 24 heteroatoms. The van der Waals surface area contributed by atoms with Crippen LogP contribution >= 0.6 is 46.4 Å². The van der Waals surface area contributed by atoms with Gasteiger partial charge in [0, 0.05) is 88.0 Å². The summed E-state index contributed by atoms with van der Waals surface area (Å²) in [6, 6.07) is 3.93. The zero-order valence-corrected chi connectivity index (χ0v) is 40.3. The summed E-state index contributed by atoms with van der Waals surface area (Å²) in [4.78, 5) is 86.5. The average Bonchev–Trinajstić information content (AvgIpc) is 3.99. The molecule has 0 saturated carbocycles. The van der Waals surface area contributed by atoms with E-state index in [4.69, 9.17) is 25.0 Å². The van der Waals surface area contributed by atoms with Gasteiger partial charge in [0.15, 0.2) is 21.9 Å². The largest absolute Gasteiger partial charge is 0.462 e. The lowest BCUT2D eigenvalue weighted by Gasteiger charge is -2.49. The van der Waals surface area contributed by atoms with Gasteiger partial charge in [0.05, 0.1) is 36.2 Å². The van der Waals surface area contributed by atoms with E-state index in [0.29, 0.717) is 64.8 Å². The highest BCUT2D eigenvalue weighted by molar-refractivity contribution is 8.07. The van der Waals surface area contributed by atoms with Gasteiger partial charge in [-0.2, -0.15) is 9.36 Å². The number of nitrogens with zero attached hydrogens (tertiary/aromatic N) is 8. The number of oxime groups is 1. The minimum atomic E-state index is -1.05. The number of thiazole rings is 1. The average molecular weight is 1010 g/mol. The lowest BCUT2D eigenvalue weighted by Crippen LogP contribution is -2.71. The Balaban J connectivity index is 0.895. The molecule has 1 aromatic carbocycles. The summed E-state index contributed by atoms with van der Waals surface area (Å²) < 4.78 is 35.6. The summed E-state index contributed by atoms with van der Waals surface area (Å²) >= 11 is 4.82. The number of aromatic nitrogens is 5. The molecule has 0 aliphatic carbocycles. The second kappa shape index (κ2) is 19.9. The highest BCUT2D eigenvalue weighted by atomic mass is 32.2. The summed E-state index contributed by atoms with van der Waals surface area (Å²) in [7, 11) is 1.91. The van der Waals surface area contributed by atoms with E-state index in [-0.39, 0.29) is 71.4 Å². The molecule has 1 unspecified atom stereocenters. The molecule has 0 bridgehead atoms. The third-order valence-electron chi connectivity index (χ3n) is 11.9. The number of fused-ring (bicyclic) bond motifs is 1. The molecule has 2 fully saturated rings. The Bertz CT molecular complexity index is 2930. The van der Waals surface area contributed by atoms with Crippen molar-refractivity contribution in [3.8, 4) is 11.3 Å². The van der Waals surface area contributed by atoms with Crippen molar-refractivity contribution in [1.82, 2.24) is 29.1 Å². The molecule has 9 rings (SSSR count). The van der Waals surface area contributed by atoms with Crippen LogP contribution in [0.25, 0.3) is 22.2 Å². The fourth-order valence-corrected chi connectivity index (χ4v) is 12.4. The smallest absolute Gasteiger partial charge is 0.355 e. The molecule has 2 saturated heterocycles. The van der Waals surface area contributed by atoms with Gasteiger partial charge in [-0.15, -0.1) is 23.1 Å². The molecule has 0 spiro atoms. The number of carbonyl (C=O) groups excluding carboxylic acids is 4. The number of ether oxygens (including phenoxy) is 2. The Hall–Kier alpha value is -5.95. The Morgan fingerprint density at radius 1 is 1.10 bits per heavy atom. The normalized spacial score (nSPS) is 19.5. The van der Waals surface area contributed by atoms with Crippen molar-refractivity contribution >= 4 is 97.6 Å². The van der Waals surface area contributed by atoms with Crippen LogP contribution in [0.15, 0.2) is 67.1 Å². The van der Waals surface area contributed by atoms with Crippen molar-refractivity contribution in [3.05, 3.63) is 85.8 Å². The van der Waals surface area contributed by atoms with Crippen LogP contribution in [-0.2, 0) is 42.2 Å². The number of nitrogen functional groups attached to an aromatic ring is 1. The Morgan fingerprint density at radius 3 is 2.57 bits per heavy atom. The standard InChI is InChI=1S/C44H45FN10O9S4/c1-4-64-50-31(37-49-43(46)68-51-37)38(58)48-32-39(59)55-35(30(21-65-40(32)55)67-44-47-29(20-66-44)23-8-12-52(3)13-9-23)42(61)63-17-5-16-62-41(60)27-19-54-22(2)6-7-25-33(54)26(36(27)57)18-28(45)34(25)53-14-10-24(56)11-15-53/h8-9,12-13,18-20,22,24,32,40,56H,4-7,10-11,14-17,21H2,1-3H3,(H2-,46,48,49,51,58)/p+1/b50-31+/t22?,32-,40-/m1/s1. The number of rotatable bonds is 15. The van der Waals surface area contributed by atoms with Gasteiger partial charge in [-0.3, -0.25) is 19.3 Å². The lowest BCUT2D eigenvalue weighted by molar-refractivity contribution is -0.671. The van der Waals surface area contributed by atoms with Gasteiger partial charge in [0.25, 0.3) is 11.8 Å².